The molecular formula is C14H22N2O4. The largest absolute Gasteiger partial charge is 0.443 e. The maximum absolute atomic E-state index is 10.9. The molecule has 5 N–H and O–H groups in total. The van der Waals surface area contributed by atoms with Gasteiger partial charge in [0, 0.05) is 19.0 Å². The quantitative estimate of drug-likeness (QED) is 0.538. The van der Waals surface area contributed by atoms with E-state index in [1.807, 2.05) is 30.3 Å². The van der Waals surface area contributed by atoms with Gasteiger partial charge in [-0.3, -0.25) is 0 Å². The first-order valence-electron chi connectivity index (χ1n) is 6.55. The predicted octanol–water partition coefficient (Wildman–Crippen LogP) is 0.0243. The van der Waals surface area contributed by atoms with Gasteiger partial charge in [0.25, 0.3) is 0 Å². The molecule has 0 saturated carbocycles. The fraction of sp³-hybridized carbons (Fsp3) is 0.500. The number of aliphatic hydroxyl groups is 2. The van der Waals surface area contributed by atoms with E-state index in [0.29, 0.717) is 6.42 Å². The molecule has 1 amide bonds. The normalized spacial score (nSPS) is 15.3. The van der Waals surface area contributed by atoms with E-state index in [0.717, 1.165) is 5.56 Å². The summed E-state index contributed by atoms with van der Waals surface area (Å²) in [6.45, 7) is 1.95. The van der Waals surface area contributed by atoms with E-state index in [9.17, 15) is 9.90 Å². The molecule has 0 heterocycles. The van der Waals surface area contributed by atoms with Gasteiger partial charge in [0.1, 0.15) is 12.2 Å². The Morgan fingerprint density at radius 2 is 2.05 bits per heavy atom. The number of carbonyl (C=O) groups excluding carboxylic acids is 1. The van der Waals surface area contributed by atoms with Gasteiger partial charge in [0.2, 0.25) is 0 Å². The van der Waals surface area contributed by atoms with E-state index in [1.165, 1.54) is 0 Å². The Morgan fingerprint density at radius 1 is 1.40 bits per heavy atom. The number of rotatable bonds is 8. The molecule has 0 fully saturated rings. The van der Waals surface area contributed by atoms with Gasteiger partial charge in [-0.2, -0.15) is 0 Å². The number of primary amides is 1. The molecule has 1 aromatic carbocycles. The zero-order valence-corrected chi connectivity index (χ0v) is 11.5. The number of nitrogens with two attached hydrogens (primary N) is 1. The highest BCUT2D eigenvalue weighted by Crippen LogP contribution is 2.10. The van der Waals surface area contributed by atoms with Crippen LogP contribution in [-0.2, 0) is 11.2 Å². The molecule has 0 aliphatic rings. The summed E-state index contributed by atoms with van der Waals surface area (Å²) < 4.78 is 4.97. The zero-order valence-electron chi connectivity index (χ0n) is 11.5. The number of hydrogen-bond donors (Lipinski definition) is 4. The molecule has 0 aliphatic heterocycles. The SMILES string of the molecule is C[C@@H](CO)NC[C@@H](O)[C@H](Cc1ccccc1)OC(N)=O. The Labute approximate surface area is 118 Å². The third-order valence-corrected chi connectivity index (χ3v) is 2.93. The van der Waals surface area contributed by atoms with Crippen molar-refractivity contribution in [3.8, 4) is 0 Å². The van der Waals surface area contributed by atoms with E-state index < -0.39 is 18.3 Å². The van der Waals surface area contributed by atoms with Crippen LogP contribution in [0.25, 0.3) is 0 Å². The summed E-state index contributed by atoms with van der Waals surface area (Å²) in [5, 5.41) is 21.9. The van der Waals surface area contributed by atoms with E-state index in [-0.39, 0.29) is 19.2 Å². The van der Waals surface area contributed by atoms with Crippen LogP contribution < -0.4 is 11.1 Å². The van der Waals surface area contributed by atoms with Crippen molar-refractivity contribution < 1.29 is 19.7 Å². The van der Waals surface area contributed by atoms with Crippen LogP contribution in [0.1, 0.15) is 12.5 Å². The third kappa shape index (κ3) is 6.01. The van der Waals surface area contributed by atoms with E-state index in [2.05, 4.69) is 5.32 Å². The van der Waals surface area contributed by atoms with Crippen molar-refractivity contribution in [2.24, 2.45) is 5.73 Å². The monoisotopic (exact) mass is 282 g/mol. The van der Waals surface area contributed by atoms with Gasteiger partial charge in [-0.05, 0) is 12.5 Å². The average Bonchev–Trinajstić information content (AvgIpc) is 2.44. The Bertz CT molecular complexity index is 399. The lowest BCUT2D eigenvalue weighted by atomic mass is 10.0. The Hall–Kier alpha value is -1.63. The van der Waals surface area contributed by atoms with Crippen LogP contribution in [0.15, 0.2) is 30.3 Å². The number of benzene rings is 1. The fourth-order valence-electron chi connectivity index (χ4n) is 1.77. The molecule has 112 valence electrons. The van der Waals surface area contributed by atoms with Crippen LogP contribution in [0.3, 0.4) is 0 Å². The molecule has 0 saturated heterocycles. The van der Waals surface area contributed by atoms with E-state index in [1.54, 1.807) is 6.92 Å². The van der Waals surface area contributed by atoms with Crippen LogP contribution in [0.2, 0.25) is 0 Å². The van der Waals surface area contributed by atoms with Gasteiger partial charge in [0.05, 0.1) is 6.61 Å². The number of amides is 1. The first-order valence-corrected chi connectivity index (χ1v) is 6.55. The predicted molar refractivity (Wildman–Crippen MR) is 75.2 cm³/mol. The van der Waals surface area contributed by atoms with Crippen molar-refractivity contribution >= 4 is 6.09 Å². The molecule has 0 spiro atoms. The maximum Gasteiger partial charge on any atom is 0.404 e. The fourth-order valence-corrected chi connectivity index (χ4v) is 1.77. The Morgan fingerprint density at radius 3 is 2.60 bits per heavy atom. The number of hydrogen-bond acceptors (Lipinski definition) is 5. The van der Waals surface area contributed by atoms with Gasteiger partial charge >= 0.3 is 6.09 Å². The van der Waals surface area contributed by atoms with Crippen LogP contribution in [0.5, 0.6) is 0 Å². The van der Waals surface area contributed by atoms with Crippen molar-refractivity contribution in [3.05, 3.63) is 35.9 Å². The van der Waals surface area contributed by atoms with Crippen LogP contribution in [0.4, 0.5) is 4.79 Å². The van der Waals surface area contributed by atoms with Gasteiger partial charge in [0.15, 0.2) is 0 Å². The van der Waals surface area contributed by atoms with E-state index in [4.69, 9.17) is 15.6 Å². The lowest BCUT2D eigenvalue weighted by Crippen LogP contribution is -2.44. The molecule has 1 rings (SSSR count). The molecule has 0 radical (unpaired) electrons. The smallest absolute Gasteiger partial charge is 0.404 e. The Kier molecular flexibility index (Phi) is 7.00. The molecule has 0 bridgehead atoms. The highest BCUT2D eigenvalue weighted by molar-refractivity contribution is 5.64. The third-order valence-electron chi connectivity index (χ3n) is 2.93. The number of ether oxygens (including phenoxy) is 1. The summed E-state index contributed by atoms with van der Waals surface area (Å²) in [5.41, 5.74) is 5.97. The van der Waals surface area contributed by atoms with Gasteiger partial charge < -0.3 is 26.0 Å². The molecule has 6 nitrogen and oxygen atoms in total. The second-order valence-corrected chi connectivity index (χ2v) is 4.72. The first kappa shape index (κ1) is 16.4. The molecule has 3 atom stereocenters. The highest BCUT2D eigenvalue weighted by Gasteiger charge is 2.23. The molecule has 20 heavy (non-hydrogen) atoms. The zero-order chi connectivity index (χ0) is 15.0. The van der Waals surface area contributed by atoms with Crippen molar-refractivity contribution in [2.45, 2.75) is 31.6 Å². The lowest BCUT2D eigenvalue weighted by molar-refractivity contribution is 0.00563. The molecule has 1 aromatic rings. The van der Waals surface area contributed by atoms with Crippen molar-refractivity contribution in [1.29, 1.82) is 0 Å². The summed E-state index contributed by atoms with van der Waals surface area (Å²) in [4.78, 5) is 10.9. The van der Waals surface area contributed by atoms with Gasteiger partial charge in [-0.1, -0.05) is 30.3 Å². The molecule has 0 unspecified atom stereocenters. The number of aliphatic hydroxyl groups excluding tert-OH is 2. The highest BCUT2D eigenvalue weighted by atomic mass is 16.6. The first-order chi connectivity index (χ1) is 9.52. The molecule has 0 aromatic heterocycles. The summed E-state index contributed by atoms with van der Waals surface area (Å²) in [5.74, 6) is 0. The number of nitrogens with one attached hydrogen (secondary N) is 1. The second kappa shape index (κ2) is 8.52. The van der Waals surface area contributed by atoms with Crippen molar-refractivity contribution in [3.63, 3.8) is 0 Å². The summed E-state index contributed by atoms with van der Waals surface area (Å²) in [6.07, 6.45) is -2.18. The van der Waals surface area contributed by atoms with Crippen LogP contribution >= 0.6 is 0 Å². The second-order valence-electron chi connectivity index (χ2n) is 4.72. The topological polar surface area (TPSA) is 105 Å². The van der Waals surface area contributed by atoms with Crippen molar-refractivity contribution in [1.82, 2.24) is 5.32 Å². The van der Waals surface area contributed by atoms with Crippen LogP contribution in [-0.4, -0.2) is 47.7 Å². The Balaban J connectivity index is 2.61. The minimum atomic E-state index is -0.916. The lowest BCUT2D eigenvalue weighted by Gasteiger charge is -2.24. The summed E-state index contributed by atoms with van der Waals surface area (Å²) in [6, 6.07) is 9.25. The minimum Gasteiger partial charge on any atom is -0.443 e. The standard InChI is InChI=1S/C14H22N2O4/c1-10(9-17)16-8-12(18)13(20-14(15)19)7-11-5-3-2-4-6-11/h2-6,10,12-13,16-18H,7-9H2,1H3,(H2,15,19)/t10-,12+,13-/m0/s1. The van der Waals surface area contributed by atoms with Gasteiger partial charge in [-0.15, -0.1) is 0 Å². The number of carbonyl (C=O) groups is 1. The van der Waals surface area contributed by atoms with Gasteiger partial charge in [-0.25, -0.2) is 4.79 Å². The van der Waals surface area contributed by atoms with Crippen molar-refractivity contribution in [2.75, 3.05) is 13.2 Å². The summed E-state index contributed by atoms with van der Waals surface area (Å²) in [7, 11) is 0. The van der Waals surface area contributed by atoms with E-state index >= 15 is 0 Å². The summed E-state index contributed by atoms with van der Waals surface area (Å²) >= 11 is 0. The molecule has 0 aliphatic carbocycles. The maximum atomic E-state index is 10.9. The molecule has 6 heteroatoms. The van der Waals surface area contributed by atoms with Crippen LogP contribution in [0, 0.1) is 0 Å². The minimum absolute atomic E-state index is 0.0350. The molecular weight excluding hydrogens is 260 g/mol. The average molecular weight is 282 g/mol.